The molecule has 0 saturated heterocycles. The number of nitrogens with zero attached hydrogens (tertiary/aromatic N) is 1. The van der Waals surface area contributed by atoms with Gasteiger partial charge in [0.25, 0.3) is 0 Å². The molecule has 1 aromatic heterocycles. The maximum Gasteiger partial charge on any atom is 0.319 e. The number of amides is 2. The largest absolute Gasteiger partial charge is 0.381 e. The van der Waals surface area contributed by atoms with Crippen molar-refractivity contribution in [3.63, 3.8) is 0 Å². The van der Waals surface area contributed by atoms with Crippen LogP contribution in [0.3, 0.4) is 0 Å². The SMILES string of the molecule is COC1CCC(S(=O)(=O)c2ccc(NC(=O)NCc3cccnc3)cc2)C(F)C1. The first-order chi connectivity index (χ1) is 13.9. The van der Waals surface area contributed by atoms with Crippen LogP contribution in [-0.2, 0) is 21.1 Å². The highest BCUT2D eigenvalue weighted by Crippen LogP contribution is 2.32. The van der Waals surface area contributed by atoms with Crippen molar-refractivity contribution in [2.75, 3.05) is 12.4 Å². The van der Waals surface area contributed by atoms with Crippen molar-refractivity contribution < 1.29 is 22.3 Å². The van der Waals surface area contributed by atoms with Gasteiger partial charge in [0.1, 0.15) is 6.17 Å². The fraction of sp³-hybridized carbons (Fsp3) is 0.400. The van der Waals surface area contributed by atoms with Gasteiger partial charge in [-0.05, 0) is 48.7 Å². The number of halogens is 1. The molecule has 1 aliphatic carbocycles. The van der Waals surface area contributed by atoms with Crippen LogP contribution in [-0.4, -0.2) is 44.1 Å². The topological polar surface area (TPSA) is 97.4 Å². The van der Waals surface area contributed by atoms with Crippen molar-refractivity contribution in [3.05, 3.63) is 54.4 Å². The number of urea groups is 1. The molecule has 29 heavy (non-hydrogen) atoms. The summed E-state index contributed by atoms with van der Waals surface area (Å²) in [5, 5.41) is 4.25. The maximum absolute atomic E-state index is 14.4. The number of hydrogen-bond acceptors (Lipinski definition) is 5. The zero-order valence-corrected chi connectivity index (χ0v) is 16.9. The summed E-state index contributed by atoms with van der Waals surface area (Å²) in [7, 11) is -2.30. The molecule has 0 spiro atoms. The van der Waals surface area contributed by atoms with Gasteiger partial charge in [-0.15, -0.1) is 0 Å². The molecule has 9 heteroatoms. The average molecular weight is 421 g/mol. The molecule has 2 aromatic rings. The quantitative estimate of drug-likeness (QED) is 0.747. The predicted octanol–water partition coefficient (Wildman–Crippen LogP) is 3.08. The van der Waals surface area contributed by atoms with E-state index in [4.69, 9.17) is 4.74 Å². The zero-order chi connectivity index (χ0) is 20.9. The van der Waals surface area contributed by atoms with Crippen LogP contribution in [0.1, 0.15) is 24.8 Å². The van der Waals surface area contributed by atoms with E-state index in [1.165, 1.54) is 31.4 Å². The first-order valence-corrected chi connectivity index (χ1v) is 10.9. The van der Waals surface area contributed by atoms with Crippen molar-refractivity contribution in [3.8, 4) is 0 Å². The Balaban J connectivity index is 1.59. The number of ether oxygens (including phenoxy) is 1. The minimum absolute atomic E-state index is 0.0438. The lowest BCUT2D eigenvalue weighted by Gasteiger charge is -2.30. The van der Waals surface area contributed by atoms with E-state index in [1.807, 2.05) is 6.07 Å². The van der Waals surface area contributed by atoms with E-state index in [1.54, 1.807) is 18.5 Å². The summed E-state index contributed by atoms with van der Waals surface area (Å²) in [6.45, 7) is 0.314. The first kappa shape index (κ1) is 21.2. The minimum atomic E-state index is -3.80. The normalized spacial score (nSPS) is 22.1. The van der Waals surface area contributed by atoms with E-state index in [0.29, 0.717) is 18.7 Å². The molecule has 0 radical (unpaired) electrons. The second-order valence-electron chi connectivity index (χ2n) is 6.96. The number of aromatic nitrogens is 1. The van der Waals surface area contributed by atoms with Crippen molar-refractivity contribution in [1.29, 1.82) is 0 Å². The van der Waals surface area contributed by atoms with Gasteiger partial charge in [-0.2, -0.15) is 0 Å². The van der Waals surface area contributed by atoms with Gasteiger partial charge in [-0.1, -0.05) is 6.07 Å². The molecule has 1 aliphatic rings. The highest BCUT2D eigenvalue weighted by molar-refractivity contribution is 7.92. The van der Waals surface area contributed by atoms with Crippen molar-refractivity contribution in [2.24, 2.45) is 0 Å². The molecule has 2 amide bonds. The second kappa shape index (κ2) is 9.32. The summed E-state index contributed by atoms with van der Waals surface area (Å²) in [6, 6.07) is 8.95. The number of carbonyl (C=O) groups excluding carboxylic acids is 1. The molecule has 1 fully saturated rings. The van der Waals surface area contributed by atoms with Crippen LogP contribution in [0.4, 0.5) is 14.9 Å². The summed E-state index contributed by atoms with van der Waals surface area (Å²) < 4.78 is 45.2. The Morgan fingerprint density at radius 2 is 2.00 bits per heavy atom. The van der Waals surface area contributed by atoms with Gasteiger partial charge < -0.3 is 15.4 Å². The zero-order valence-electron chi connectivity index (χ0n) is 16.0. The van der Waals surface area contributed by atoms with Gasteiger partial charge in [-0.25, -0.2) is 17.6 Å². The standard InChI is InChI=1S/C20H24FN3O4S/c1-28-16-6-9-19(18(21)11-16)29(26,27)17-7-4-15(5-8-17)24-20(25)23-13-14-3-2-10-22-12-14/h2-5,7-8,10,12,16,18-19H,6,9,11,13H2,1H3,(H2,23,24,25). The van der Waals surface area contributed by atoms with Crippen molar-refractivity contribution in [1.82, 2.24) is 10.3 Å². The van der Waals surface area contributed by atoms with E-state index in [9.17, 15) is 17.6 Å². The third-order valence-electron chi connectivity index (χ3n) is 5.01. The monoisotopic (exact) mass is 421 g/mol. The Morgan fingerprint density at radius 3 is 2.62 bits per heavy atom. The molecule has 3 unspecified atom stereocenters. The molecule has 0 aliphatic heterocycles. The lowest BCUT2D eigenvalue weighted by atomic mass is 9.95. The predicted molar refractivity (Wildman–Crippen MR) is 107 cm³/mol. The third-order valence-corrected chi connectivity index (χ3v) is 7.27. The second-order valence-corrected chi connectivity index (χ2v) is 9.13. The molecular formula is C20H24FN3O4S. The Morgan fingerprint density at radius 1 is 1.24 bits per heavy atom. The molecule has 156 valence electrons. The number of sulfone groups is 1. The fourth-order valence-electron chi connectivity index (χ4n) is 3.38. The number of nitrogens with one attached hydrogen (secondary N) is 2. The molecule has 3 atom stereocenters. The fourth-order valence-corrected chi connectivity index (χ4v) is 5.19. The highest BCUT2D eigenvalue weighted by Gasteiger charge is 2.39. The summed E-state index contributed by atoms with van der Waals surface area (Å²) in [5.74, 6) is 0. The summed E-state index contributed by atoms with van der Waals surface area (Å²) >= 11 is 0. The lowest BCUT2D eigenvalue weighted by Crippen LogP contribution is -2.39. The number of carbonyl (C=O) groups is 1. The van der Waals surface area contributed by atoms with E-state index in [-0.39, 0.29) is 23.8 Å². The summed E-state index contributed by atoms with van der Waals surface area (Å²) in [6.07, 6.45) is 2.40. The number of anilines is 1. The van der Waals surface area contributed by atoms with Gasteiger partial charge in [0.05, 0.1) is 16.2 Å². The summed E-state index contributed by atoms with van der Waals surface area (Å²) in [4.78, 5) is 16.0. The lowest BCUT2D eigenvalue weighted by molar-refractivity contribution is 0.0420. The molecule has 1 aromatic carbocycles. The van der Waals surface area contributed by atoms with Gasteiger partial charge in [0.2, 0.25) is 0 Å². The molecule has 1 saturated carbocycles. The van der Waals surface area contributed by atoms with Gasteiger partial charge in [0, 0.05) is 38.2 Å². The number of methoxy groups -OCH3 is 1. The Bertz CT molecular complexity index is 923. The Labute approximate surface area is 169 Å². The Kier molecular flexibility index (Phi) is 6.81. The van der Waals surface area contributed by atoms with E-state index < -0.39 is 27.3 Å². The van der Waals surface area contributed by atoms with Crippen molar-refractivity contribution >= 4 is 21.6 Å². The number of rotatable bonds is 6. The van der Waals surface area contributed by atoms with Gasteiger partial charge in [-0.3, -0.25) is 4.98 Å². The van der Waals surface area contributed by atoms with Crippen LogP contribution in [0.25, 0.3) is 0 Å². The maximum atomic E-state index is 14.4. The molecule has 7 nitrogen and oxygen atoms in total. The van der Waals surface area contributed by atoms with Crippen LogP contribution >= 0.6 is 0 Å². The van der Waals surface area contributed by atoms with Crippen LogP contribution in [0, 0.1) is 0 Å². The van der Waals surface area contributed by atoms with E-state index in [2.05, 4.69) is 15.6 Å². The molecule has 1 heterocycles. The molecule has 0 bridgehead atoms. The van der Waals surface area contributed by atoms with E-state index in [0.717, 1.165) is 5.56 Å². The van der Waals surface area contributed by atoms with Gasteiger partial charge in [0.15, 0.2) is 9.84 Å². The van der Waals surface area contributed by atoms with Crippen LogP contribution in [0.2, 0.25) is 0 Å². The molecule has 3 rings (SSSR count). The molecule has 2 N–H and O–H groups in total. The van der Waals surface area contributed by atoms with E-state index >= 15 is 0 Å². The smallest absolute Gasteiger partial charge is 0.319 e. The third kappa shape index (κ3) is 5.30. The van der Waals surface area contributed by atoms with Gasteiger partial charge >= 0.3 is 6.03 Å². The summed E-state index contributed by atoms with van der Waals surface area (Å²) in [5.41, 5.74) is 1.29. The average Bonchev–Trinajstić information content (AvgIpc) is 2.73. The first-order valence-electron chi connectivity index (χ1n) is 9.34. The number of alkyl halides is 1. The van der Waals surface area contributed by atoms with Crippen LogP contribution < -0.4 is 10.6 Å². The Hall–Kier alpha value is -2.52. The number of benzene rings is 1. The molecular weight excluding hydrogens is 397 g/mol. The minimum Gasteiger partial charge on any atom is -0.381 e. The number of hydrogen-bond donors (Lipinski definition) is 2. The van der Waals surface area contributed by atoms with Crippen LogP contribution in [0.15, 0.2) is 53.7 Å². The van der Waals surface area contributed by atoms with Crippen LogP contribution in [0.5, 0.6) is 0 Å². The highest BCUT2D eigenvalue weighted by atomic mass is 32.2. The van der Waals surface area contributed by atoms with Crippen molar-refractivity contribution in [2.45, 2.75) is 48.2 Å². The number of pyridine rings is 1.